The molecule has 3 aromatic rings. The number of fused-ring (bicyclic) bond motifs is 1. The summed E-state index contributed by atoms with van der Waals surface area (Å²) in [6.07, 6.45) is 7.84. The van der Waals surface area contributed by atoms with E-state index in [2.05, 4.69) is 15.3 Å². The molecule has 1 aliphatic carbocycles. The van der Waals surface area contributed by atoms with Crippen LogP contribution >= 0.6 is 0 Å². The molecule has 1 saturated carbocycles. The number of Topliss-reactive ketones (excluding diaryl/α,β-unsaturated/α-hetero) is 1. The summed E-state index contributed by atoms with van der Waals surface area (Å²) >= 11 is 0. The Balaban J connectivity index is 1.65. The van der Waals surface area contributed by atoms with Gasteiger partial charge in [-0.05, 0) is 49.2 Å². The maximum Gasteiger partial charge on any atom is 0.175 e. The Bertz CT molecular complexity index is 1140. The lowest BCUT2D eigenvalue weighted by Crippen LogP contribution is -2.14. The van der Waals surface area contributed by atoms with Crippen molar-refractivity contribution in [1.29, 1.82) is 0 Å². The van der Waals surface area contributed by atoms with E-state index < -0.39 is 9.84 Å². The number of sulfone groups is 1. The fraction of sp³-hybridized carbons (Fsp3) is 0.286. The number of carbonyl (C=O) groups excluding carboxylic acids is 1. The molecule has 7 heteroatoms. The number of ketones is 1. The van der Waals surface area contributed by atoms with Crippen molar-refractivity contribution >= 4 is 37.9 Å². The third-order valence-corrected chi connectivity index (χ3v) is 6.23. The highest BCUT2D eigenvalue weighted by Gasteiger charge is 2.23. The molecule has 6 nitrogen and oxygen atoms in total. The Labute approximate surface area is 163 Å². The Hall–Kier alpha value is -2.80. The number of aromatic nitrogens is 2. The maximum atomic E-state index is 11.9. The molecule has 0 amide bonds. The SMILES string of the molecule is CS(=O)(=O)c1ccc(Nc2cc3c(C4CCCC(=O)C4)nccc3cn2)cc1. The summed E-state index contributed by atoms with van der Waals surface area (Å²) in [5, 5.41) is 5.19. The lowest BCUT2D eigenvalue weighted by atomic mass is 9.84. The van der Waals surface area contributed by atoms with Crippen molar-refractivity contribution < 1.29 is 13.2 Å². The third kappa shape index (κ3) is 3.89. The van der Waals surface area contributed by atoms with Gasteiger partial charge in [0.05, 0.1) is 10.6 Å². The van der Waals surface area contributed by atoms with Gasteiger partial charge in [-0.25, -0.2) is 13.4 Å². The molecule has 1 N–H and O–H groups in total. The van der Waals surface area contributed by atoms with E-state index in [1.165, 1.54) is 6.26 Å². The fourth-order valence-electron chi connectivity index (χ4n) is 3.67. The standard InChI is InChI=1S/C21H21N3O3S/c1-28(26,27)18-7-5-16(6-8-18)24-20-12-19-15(13-23-20)9-10-22-21(19)14-3-2-4-17(25)11-14/h5-10,12-14H,2-4,11H2,1H3,(H,23,24). The van der Waals surface area contributed by atoms with Gasteiger partial charge in [0.2, 0.25) is 0 Å². The van der Waals surface area contributed by atoms with Crippen LogP contribution in [0.3, 0.4) is 0 Å². The van der Waals surface area contributed by atoms with Gasteiger partial charge in [0, 0.05) is 53.9 Å². The molecule has 0 spiro atoms. The monoisotopic (exact) mass is 395 g/mol. The fourth-order valence-corrected chi connectivity index (χ4v) is 4.30. The summed E-state index contributed by atoms with van der Waals surface area (Å²) in [4.78, 5) is 21.2. The van der Waals surface area contributed by atoms with Crippen LogP contribution in [0.1, 0.15) is 37.3 Å². The van der Waals surface area contributed by atoms with E-state index in [4.69, 9.17) is 0 Å². The van der Waals surface area contributed by atoms with E-state index in [9.17, 15) is 13.2 Å². The quantitative estimate of drug-likeness (QED) is 0.718. The second-order valence-corrected chi connectivity index (χ2v) is 9.26. The Kier molecular flexibility index (Phi) is 4.85. The zero-order valence-electron chi connectivity index (χ0n) is 15.6. The first-order valence-electron chi connectivity index (χ1n) is 9.24. The van der Waals surface area contributed by atoms with Crippen LogP contribution in [-0.2, 0) is 14.6 Å². The van der Waals surface area contributed by atoms with Crippen LogP contribution in [0, 0.1) is 0 Å². The minimum Gasteiger partial charge on any atom is -0.340 e. The Morgan fingerprint density at radius 2 is 1.89 bits per heavy atom. The topological polar surface area (TPSA) is 89.0 Å². The lowest BCUT2D eigenvalue weighted by Gasteiger charge is -2.21. The van der Waals surface area contributed by atoms with Gasteiger partial charge in [-0.3, -0.25) is 9.78 Å². The van der Waals surface area contributed by atoms with Crippen molar-refractivity contribution in [3.63, 3.8) is 0 Å². The molecule has 0 aliphatic heterocycles. The predicted molar refractivity (Wildman–Crippen MR) is 109 cm³/mol. The summed E-state index contributed by atoms with van der Waals surface area (Å²) < 4.78 is 23.2. The van der Waals surface area contributed by atoms with E-state index in [0.717, 1.165) is 35.0 Å². The van der Waals surface area contributed by atoms with Crippen LogP contribution in [0.4, 0.5) is 11.5 Å². The highest BCUT2D eigenvalue weighted by molar-refractivity contribution is 7.90. The largest absolute Gasteiger partial charge is 0.340 e. The molecule has 1 atom stereocenters. The summed E-state index contributed by atoms with van der Waals surface area (Å²) in [7, 11) is -3.22. The molecule has 1 aliphatic rings. The van der Waals surface area contributed by atoms with Gasteiger partial charge in [0.15, 0.2) is 9.84 Å². The Morgan fingerprint density at radius 1 is 1.11 bits per heavy atom. The molecule has 1 aromatic carbocycles. The molecular weight excluding hydrogens is 374 g/mol. The summed E-state index contributed by atoms with van der Waals surface area (Å²) in [6, 6.07) is 10.4. The number of nitrogens with zero attached hydrogens (tertiary/aromatic N) is 2. The number of rotatable bonds is 4. The molecule has 0 radical (unpaired) electrons. The second kappa shape index (κ2) is 7.31. The third-order valence-electron chi connectivity index (χ3n) is 5.10. The zero-order valence-corrected chi connectivity index (χ0v) is 16.4. The Morgan fingerprint density at radius 3 is 2.61 bits per heavy atom. The van der Waals surface area contributed by atoms with Crippen LogP contribution in [0.2, 0.25) is 0 Å². The molecule has 2 heterocycles. The molecule has 144 valence electrons. The van der Waals surface area contributed by atoms with E-state index in [-0.39, 0.29) is 10.8 Å². The van der Waals surface area contributed by atoms with Crippen molar-refractivity contribution in [3.8, 4) is 0 Å². The highest BCUT2D eigenvalue weighted by Crippen LogP contribution is 2.34. The van der Waals surface area contributed by atoms with Crippen LogP contribution in [0.25, 0.3) is 10.8 Å². The molecule has 0 saturated heterocycles. The van der Waals surface area contributed by atoms with Crippen LogP contribution < -0.4 is 5.32 Å². The van der Waals surface area contributed by atoms with Crippen LogP contribution in [0.5, 0.6) is 0 Å². The van der Waals surface area contributed by atoms with Gasteiger partial charge in [-0.1, -0.05) is 0 Å². The molecule has 28 heavy (non-hydrogen) atoms. The van der Waals surface area contributed by atoms with Gasteiger partial charge < -0.3 is 5.32 Å². The van der Waals surface area contributed by atoms with Gasteiger partial charge in [0.1, 0.15) is 11.6 Å². The normalized spacial score (nSPS) is 17.6. The van der Waals surface area contributed by atoms with Crippen molar-refractivity contribution in [2.75, 3.05) is 11.6 Å². The van der Waals surface area contributed by atoms with Crippen molar-refractivity contribution in [3.05, 3.63) is 54.5 Å². The average molecular weight is 395 g/mol. The van der Waals surface area contributed by atoms with E-state index in [0.29, 0.717) is 24.4 Å². The van der Waals surface area contributed by atoms with Crippen molar-refractivity contribution in [2.45, 2.75) is 36.5 Å². The number of hydrogen-bond donors (Lipinski definition) is 1. The van der Waals surface area contributed by atoms with Gasteiger partial charge in [-0.2, -0.15) is 0 Å². The number of nitrogens with one attached hydrogen (secondary N) is 1. The summed E-state index contributed by atoms with van der Waals surface area (Å²) in [5.41, 5.74) is 1.70. The van der Waals surface area contributed by atoms with E-state index >= 15 is 0 Å². The van der Waals surface area contributed by atoms with Gasteiger partial charge in [0.25, 0.3) is 0 Å². The number of hydrogen-bond acceptors (Lipinski definition) is 6. The molecular formula is C21H21N3O3S. The number of pyridine rings is 2. The molecule has 2 aromatic heterocycles. The smallest absolute Gasteiger partial charge is 0.175 e. The summed E-state index contributed by atoms with van der Waals surface area (Å²) in [6.45, 7) is 0. The minimum absolute atomic E-state index is 0.147. The van der Waals surface area contributed by atoms with Gasteiger partial charge in [-0.15, -0.1) is 0 Å². The highest BCUT2D eigenvalue weighted by atomic mass is 32.2. The predicted octanol–water partition coefficient (Wildman–Crippen LogP) is 4.00. The molecule has 1 unspecified atom stereocenters. The zero-order chi connectivity index (χ0) is 19.7. The first kappa shape index (κ1) is 18.6. The average Bonchev–Trinajstić information content (AvgIpc) is 2.67. The number of anilines is 2. The van der Waals surface area contributed by atoms with E-state index in [1.54, 1.807) is 36.7 Å². The maximum absolute atomic E-state index is 11.9. The second-order valence-electron chi connectivity index (χ2n) is 7.24. The van der Waals surface area contributed by atoms with Crippen LogP contribution in [-0.4, -0.2) is 30.4 Å². The summed E-state index contributed by atoms with van der Waals surface area (Å²) in [5.74, 6) is 1.10. The van der Waals surface area contributed by atoms with Gasteiger partial charge >= 0.3 is 0 Å². The van der Waals surface area contributed by atoms with Crippen molar-refractivity contribution in [2.24, 2.45) is 0 Å². The first-order valence-corrected chi connectivity index (χ1v) is 11.1. The molecule has 0 bridgehead atoms. The molecule has 1 fully saturated rings. The lowest BCUT2D eigenvalue weighted by molar-refractivity contribution is -0.120. The molecule has 4 rings (SSSR count). The van der Waals surface area contributed by atoms with E-state index in [1.807, 2.05) is 12.1 Å². The first-order chi connectivity index (χ1) is 13.4. The number of carbonyl (C=O) groups is 1. The minimum atomic E-state index is -3.22. The van der Waals surface area contributed by atoms with Crippen LogP contribution in [0.15, 0.2) is 53.7 Å². The number of benzene rings is 1. The van der Waals surface area contributed by atoms with Crippen molar-refractivity contribution in [1.82, 2.24) is 9.97 Å².